The molecule has 1 N–H and O–H groups in total. The first-order valence-corrected chi connectivity index (χ1v) is 10.6. The Kier molecular flexibility index (Phi) is 7.68. The van der Waals surface area contributed by atoms with Crippen molar-refractivity contribution in [1.82, 2.24) is 10.3 Å². The lowest BCUT2D eigenvalue weighted by Gasteiger charge is -2.11. The van der Waals surface area contributed by atoms with Crippen molar-refractivity contribution in [1.29, 1.82) is 0 Å². The number of carbonyl (C=O) groups is 1. The summed E-state index contributed by atoms with van der Waals surface area (Å²) in [6, 6.07) is 14.5. The summed E-state index contributed by atoms with van der Waals surface area (Å²) in [4.78, 5) is 16.8. The molecule has 1 amide bonds. The Balaban J connectivity index is 1.55. The maximum absolute atomic E-state index is 13.0. The van der Waals surface area contributed by atoms with Crippen molar-refractivity contribution in [2.24, 2.45) is 0 Å². The number of rotatable bonds is 8. The number of alkyl halides is 3. The zero-order valence-electron chi connectivity index (χ0n) is 16.5. The second kappa shape index (κ2) is 10.4. The summed E-state index contributed by atoms with van der Waals surface area (Å²) in [6.45, 7) is -0.0215. The molecule has 0 saturated heterocycles. The Hall–Kier alpha value is -2.87. The predicted molar refractivity (Wildman–Crippen MR) is 112 cm³/mol. The van der Waals surface area contributed by atoms with E-state index in [1.54, 1.807) is 30.5 Å². The Morgan fingerprint density at radius 3 is 2.52 bits per heavy atom. The molecule has 0 aliphatic rings. The van der Waals surface area contributed by atoms with Gasteiger partial charge in [-0.2, -0.15) is 13.2 Å². The lowest BCUT2D eigenvalue weighted by Crippen LogP contribution is -2.24. The minimum Gasteiger partial charge on any atom is -0.348 e. The van der Waals surface area contributed by atoms with E-state index in [0.717, 1.165) is 30.5 Å². The third-order valence-corrected chi connectivity index (χ3v) is 5.58. The summed E-state index contributed by atoms with van der Waals surface area (Å²) < 4.78 is 51.5. The Labute approximate surface area is 181 Å². The van der Waals surface area contributed by atoms with Gasteiger partial charge in [-0.05, 0) is 66.1 Å². The number of aryl methyl sites for hydroxylation is 1. The smallest absolute Gasteiger partial charge is 0.348 e. The average Bonchev–Trinajstić information content (AvgIpc) is 2.76. The summed E-state index contributed by atoms with van der Waals surface area (Å²) in [5.41, 5.74) is 1.02. The zero-order chi connectivity index (χ0) is 22.3. The molecule has 0 spiro atoms. The second-order valence-corrected chi connectivity index (χ2v) is 7.90. The van der Waals surface area contributed by atoms with Gasteiger partial charge < -0.3 is 5.32 Å². The number of amides is 1. The molecule has 3 rings (SSSR count). The lowest BCUT2D eigenvalue weighted by molar-refractivity contribution is -0.137. The van der Waals surface area contributed by atoms with Crippen LogP contribution in [0.5, 0.6) is 0 Å². The Bertz CT molecular complexity index is 1020. The zero-order valence-corrected chi connectivity index (χ0v) is 17.3. The molecule has 0 fully saturated rings. The van der Waals surface area contributed by atoms with E-state index in [2.05, 4.69) is 10.3 Å². The molecular weight excluding hydrogens is 428 g/mol. The molecule has 0 aliphatic carbocycles. The van der Waals surface area contributed by atoms with Gasteiger partial charge in [0, 0.05) is 12.7 Å². The molecule has 0 atom stereocenters. The number of pyridine rings is 1. The van der Waals surface area contributed by atoms with E-state index in [1.165, 1.54) is 36.0 Å². The molecule has 0 unspecified atom stereocenters. The second-order valence-electron chi connectivity index (χ2n) is 6.82. The van der Waals surface area contributed by atoms with Gasteiger partial charge in [-0.1, -0.05) is 24.3 Å². The average molecular weight is 448 g/mol. The van der Waals surface area contributed by atoms with Gasteiger partial charge in [0.2, 0.25) is 0 Å². The van der Waals surface area contributed by atoms with Crippen LogP contribution >= 0.6 is 11.8 Å². The first kappa shape index (κ1) is 22.8. The van der Waals surface area contributed by atoms with Gasteiger partial charge in [0.1, 0.15) is 10.8 Å². The SMILES string of the molecule is O=C(NCc1cccc(C(F)(F)F)c1)c1cccnc1SCCCc1ccc(F)cc1. The minimum absolute atomic E-state index is 0.0215. The molecule has 3 aromatic rings. The van der Waals surface area contributed by atoms with E-state index < -0.39 is 17.6 Å². The summed E-state index contributed by atoms with van der Waals surface area (Å²) in [6.07, 6.45) is -1.25. The highest BCUT2D eigenvalue weighted by Gasteiger charge is 2.30. The molecule has 1 heterocycles. The van der Waals surface area contributed by atoms with E-state index in [4.69, 9.17) is 0 Å². The van der Waals surface area contributed by atoms with Crippen LogP contribution in [0.3, 0.4) is 0 Å². The van der Waals surface area contributed by atoms with Crippen molar-refractivity contribution in [2.45, 2.75) is 30.6 Å². The number of aromatic nitrogens is 1. The van der Waals surface area contributed by atoms with E-state index >= 15 is 0 Å². The predicted octanol–water partition coefficient (Wildman–Crippen LogP) is 5.89. The van der Waals surface area contributed by atoms with Gasteiger partial charge in [0.15, 0.2) is 0 Å². The van der Waals surface area contributed by atoms with Crippen molar-refractivity contribution < 1.29 is 22.4 Å². The van der Waals surface area contributed by atoms with E-state index in [1.807, 2.05) is 0 Å². The molecule has 31 heavy (non-hydrogen) atoms. The van der Waals surface area contributed by atoms with Gasteiger partial charge in [-0.3, -0.25) is 4.79 Å². The highest BCUT2D eigenvalue weighted by molar-refractivity contribution is 7.99. The molecule has 3 nitrogen and oxygen atoms in total. The number of hydrogen-bond acceptors (Lipinski definition) is 3. The number of benzene rings is 2. The van der Waals surface area contributed by atoms with Crippen molar-refractivity contribution >= 4 is 17.7 Å². The molecule has 8 heteroatoms. The standard InChI is InChI=1S/C23H20F4N2OS/c24-19-10-8-16(9-11-19)5-3-13-31-22-20(7-2-12-28-22)21(30)29-15-17-4-1-6-18(14-17)23(25,26)27/h1-2,4,6-12,14H,3,5,13,15H2,(H,29,30). The van der Waals surface area contributed by atoms with E-state index in [-0.39, 0.29) is 12.4 Å². The quantitative estimate of drug-likeness (QED) is 0.265. The molecule has 0 saturated carbocycles. The first-order valence-electron chi connectivity index (χ1n) is 9.59. The molecule has 1 aromatic heterocycles. The van der Waals surface area contributed by atoms with Crippen molar-refractivity contribution in [3.63, 3.8) is 0 Å². The summed E-state index contributed by atoms with van der Waals surface area (Å²) >= 11 is 1.43. The molecule has 0 aliphatic heterocycles. The fourth-order valence-electron chi connectivity index (χ4n) is 2.91. The molecular formula is C23H20F4N2OS. The molecule has 0 radical (unpaired) electrons. The number of thioether (sulfide) groups is 1. The summed E-state index contributed by atoms with van der Waals surface area (Å²) in [5, 5.41) is 3.22. The summed E-state index contributed by atoms with van der Waals surface area (Å²) in [7, 11) is 0. The van der Waals surface area contributed by atoms with Crippen molar-refractivity contribution in [3.05, 3.63) is 94.9 Å². The third kappa shape index (κ3) is 6.82. The number of hydrogen-bond donors (Lipinski definition) is 1. The van der Waals surface area contributed by atoms with Gasteiger partial charge in [0.05, 0.1) is 11.1 Å². The summed E-state index contributed by atoms with van der Waals surface area (Å²) in [5.74, 6) is 0.0430. The van der Waals surface area contributed by atoms with Crippen LogP contribution in [0, 0.1) is 5.82 Å². The van der Waals surface area contributed by atoms with Crippen LogP contribution in [0.4, 0.5) is 17.6 Å². The van der Waals surface area contributed by atoms with Gasteiger partial charge in [-0.25, -0.2) is 9.37 Å². The van der Waals surface area contributed by atoms with Crippen LogP contribution in [0.15, 0.2) is 71.9 Å². The number of nitrogens with zero attached hydrogens (tertiary/aromatic N) is 1. The highest BCUT2D eigenvalue weighted by atomic mass is 32.2. The van der Waals surface area contributed by atoms with Gasteiger partial charge in [-0.15, -0.1) is 11.8 Å². The monoisotopic (exact) mass is 448 g/mol. The number of halogens is 4. The molecule has 0 bridgehead atoms. The van der Waals surface area contributed by atoms with Crippen LogP contribution in [-0.4, -0.2) is 16.6 Å². The van der Waals surface area contributed by atoms with Crippen LogP contribution in [0.2, 0.25) is 0 Å². The maximum atomic E-state index is 13.0. The Morgan fingerprint density at radius 1 is 1.00 bits per heavy atom. The van der Waals surface area contributed by atoms with Crippen molar-refractivity contribution in [3.8, 4) is 0 Å². The van der Waals surface area contributed by atoms with E-state index in [9.17, 15) is 22.4 Å². The largest absolute Gasteiger partial charge is 0.416 e. The first-order chi connectivity index (χ1) is 14.8. The molecule has 162 valence electrons. The minimum atomic E-state index is -4.43. The highest BCUT2D eigenvalue weighted by Crippen LogP contribution is 2.29. The lowest BCUT2D eigenvalue weighted by atomic mass is 10.1. The molecule has 2 aromatic carbocycles. The van der Waals surface area contributed by atoms with Crippen LogP contribution in [0.25, 0.3) is 0 Å². The van der Waals surface area contributed by atoms with Gasteiger partial charge in [0.25, 0.3) is 5.91 Å². The third-order valence-electron chi connectivity index (χ3n) is 4.48. The van der Waals surface area contributed by atoms with Crippen LogP contribution in [0.1, 0.15) is 33.5 Å². The maximum Gasteiger partial charge on any atom is 0.416 e. The Morgan fingerprint density at radius 2 is 1.77 bits per heavy atom. The fourth-order valence-corrected chi connectivity index (χ4v) is 3.84. The van der Waals surface area contributed by atoms with Crippen LogP contribution in [-0.2, 0) is 19.1 Å². The van der Waals surface area contributed by atoms with Crippen molar-refractivity contribution in [2.75, 3.05) is 5.75 Å². The van der Waals surface area contributed by atoms with Crippen LogP contribution < -0.4 is 5.32 Å². The fraction of sp³-hybridized carbons (Fsp3) is 0.217. The van der Waals surface area contributed by atoms with Gasteiger partial charge >= 0.3 is 6.18 Å². The van der Waals surface area contributed by atoms with E-state index in [0.29, 0.717) is 21.9 Å². The normalized spacial score (nSPS) is 11.4. The number of carbonyl (C=O) groups excluding carboxylic acids is 1. The number of nitrogens with one attached hydrogen (secondary N) is 1. The topological polar surface area (TPSA) is 42.0 Å².